The zero-order chi connectivity index (χ0) is 16.0. The fourth-order valence-corrected chi connectivity index (χ4v) is 3.99. The Labute approximate surface area is 128 Å². The summed E-state index contributed by atoms with van der Waals surface area (Å²) in [6, 6.07) is 4.85. The second-order valence-electron chi connectivity index (χ2n) is 4.87. The Morgan fingerprint density at radius 3 is 2.43 bits per heavy atom. The van der Waals surface area contributed by atoms with Crippen LogP contribution in [0.15, 0.2) is 23.1 Å². The van der Waals surface area contributed by atoms with Crippen molar-refractivity contribution >= 4 is 10.0 Å². The lowest BCUT2D eigenvalue weighted by Gasteiger charge is -2.26. The molecule has 6 heteroatoms. The van der Waals surface area contributed by atoms with E-state index in [2.05, 4.69) is 0 Å². The number of benzene rings is 1. The first kappa shape index (κ1) is 17.9. The molecule has 21 heavy (non-hydrogen) atoms. The van der Waals surface area contributed by atoms with Gasteiger partial charge in [0.05, 0.1) is 11.5 Å². The van der Waals surface area contributed by atoms with Gasteiger partial charge in [-0.25, -0.2) is 8.42 Å². The average molecular weight is 314 g/mol. The van der Waals surface area contributed by atoms with E-state index in [4.69, 9.17) is 10.5 Å². The highest BCUT2D eigenvalue weighted by atomic mass is 32.2. The lowest BCUT2D eigenvalue weighted by Crippen LogP contribution is -2.38. The molecule has 0 bridgehead atoms. The zero-order valence-corrected chi connectivity index (χ0v) is 14.1. The molecular weight excluding hydrogens is 288 g/mol. The third-order valence-electron chi connectivity index (χ3n) is 3.55. The molecule has 0 spiro atoms. The van der Waals surface area contributed by atoms with Crippen molar-refractivity contribution in [1.82, 2.24) is 4.31 Å². The fraction of sp³-hybridized carbons (Fsp3) is 0.600. The van der Waals surface area contributed by atoms with E-state index < -0.39 is 10.0 Å². The molecule has 0 aromatic heterocycles. The summed E-state index contributed by atoms with van der Waals surface area (Å²) in [5.74, 6) is 0.644. The van der Waals surface area contributed by atoms with Crippen LogP contribution in [0.1, 0.15) is 39.7 Å². The lowest BCUT2D eigenvalue weighted by molar-refractivity contribution is 0.335. The minimum atomic E-state index is -3.50. The summed E-state index contributed by atoms with van der Waals surface area (Å²) >= 11 is 0. The second kappa shape index (κ2) is 7.77. The Morgan fingerprint density at radius 2 is 1.95 bits per heavy atom. The molecule has 0 radical (unpaired) electrons. The molecule has 2 N–H and O–H groups in total. The SMILES string of the molecule is CCOc1ccc(S(=O)(=O)N(CC)C(C)CC)cc1CN. The molecule has 0 heterocycles. The fourth-order valence-electron chi connectivity index (χ4n) is 2.23. The summed E-state index contributed by atoms with van der Waals surface area (Å²) in [6.45, 7) is 8.84. The summed E-state index contributed by atoms with van der Waals surface area (Å²) in [4.78, 5) is 0.272. The first-order valence-corrected chi connectivity index (χ1v) is 8.83. The molecule has 0 aliphatic rings. The van der Waals surface area contributed by atoms with Gasteiger partial charge in [-0.05, 0) is 38.5 Å². The maximum Gasteiger partial charge on any atom is 0.243 e. The van der Waals surface area contributed by atoms with Gasteiger partial charge in [-0.1, -0.05) is 13.8 Å². The maximum absolute atomic E-state index is 12.7. The van der Waals surface area contributed by atoms with Crippen LogP contribution >= 0.6 is 0 Å². The maximum atomic E-state index is 12.7. The molecule has 1 unspecified atom stereocenters. The molecule has 120 valence electrons. The van der Waals surface area contributed by atoms with Crippen molar-refractivity contribution in [2.24, 2.45) is 5.73 Å². The highest BCUT2D eigenvalue weighted by Gasteiger charge is 2.27. The van der Waals surface area contributed by atoms with Crippen LogP contribution in [-0.4, -0.2) is 31.9 Å². The minimum Gasteiger partial charge on any atom is -0.494 e. The van der Waals surface area contributed by atoms with Gasteiger partial charge in [-0.15, -0.1) is 0 Å². The third-order valence-corrected chi connectivity index (χ3v) is 5.64. The monoisotopic (exact) mass is 314 g/mol. The van der Waals surface area contributed by atoms with Gasteiger partial charge >= 0.3 is 0 Å². The molecule has 0 fully saturated rings. The van der Waals surface area contributed by atoms with Crippen LogP contribution in [0.2, 0.25) is 0 Å². The topological polar surface area (TPSA) is 72.6 Å². The molecule has 0 aliphatic heterocycles. The largest absolute Gasteiger partial charge is 0.494 e. The first-order valence-electron chi connectivity index (χ1n) is 7.39. The van der Waals surface area contributed by atoms with Crippen molar-refractivity contribution in [2.75, 3.05) is 13.2 Å². The van der Waals surface area contributed by atoms with Crippen LogP contribution in [0.4, 0.5) is 0 Å². The highest BCUT2D eigenvalue weighted by molar-refractivity contribution is 7.89. The average Bonchev–Trinajstić information content (AvgIpc) is 2.47. The van der Waals surface area contributed by atoms with E-state index in [0.29, 0.717) is 24.5 Å². The van der Waals surface area contributed by atoms with E-state index in [0.717, 1.165) is 6.42 Å². The molecule has 0 saturated heterocycles. The number of ether oxygens (including phenoxy) is 1. The second-order valence-corrected chi connectivity index (χ2v) is 6.76. The summed E-state index contributed by atoms with van der Waals surface area (Å²) in [7, 11) is -3.50. The van der Waals surface area contributed by atoms with Crippen LogP contribution in [0.3, 0.4) is 0 Å². The number of sulfonamides is 1. The highest BCUT2D eigenvalue weighted by Crippen LogP contribution is 2.25. The summed E-state index contributed by atoms with van der Waals surface area (Å²) in [5, 5.41) is 0. The number of nitrogens with zero attached hydrogens (tertiary/aromatic N) is 1. The molecular formula is C15H26N2O3S. The van der Waals surface area contributed by atoms with Gasteiger partial charge in [0.1, 0.15) is 5.75 Å². The lowest BCUT2D eigenvalue weighted by atomic mass is 10.2. The molecule has 5 nitrogen and oxygen atoms in total. The van der Waals surface area contributed by atoms with E-state index in [1.807, 2.05) is 27.7 Å². The van der Waals surface area contributed by atoms with Crippen molar-refractivity contribution in [1.29, 1.82) is 0 Å². The van der Waals surface area contributed by atoms with Crippen LogP contribution in [0, 0.1) is 0 Å². The van der Waals surface area contributed by atoms with Crippen molar-refractivity contribution < 1.29 is 13.2 Å². The Bertz CT molecular complexity index is 558. The van der Waals surface area contributed by atoms with Crippen molar-refractivity contribution in [3.05, 3.63) is 23.8 Å². The predicted octanol–water partition coefficient (Wildman–Crippen LogP) is 2.35. The van der Waals surface area contributed by atoms with Gasteiger partial charge in [0, 0.05) is 24.7 Å². The Hall–Kier alpha value is -1.11. The Morgan fingerprint density at radius 1 is 1.29 bits per heavy atom. The van der Waals surface area contributed by atoms with E-state index >= 15 is 0 Å². The van der Waals surface area contributed by atoms with Crippen LogP contribution in [0.25, 0.3) is 0 Å². The van der Waals surface area contributed by atoms with Gasteiger partial charge < -0.3 is 10.5 Å². The molecule has 1 aromatic rings. The number of nitrogens with two attached hydrogens (primary N) is 1. The van der Waals surface area contributed by atoms with Crippen LogP contribution in [-0.2, 0) is 16.6 Å². The van der Waals surface area contributed by atoms with Crippen LogP contribution < -0.4 is 10.5 Å². The molecule has 1 rings (SSSR count). The van der Waals surface area contributed by atoms with Gasteiger partial charge in [-0.2, -0.15) is 4.31 Å². The quantitative estimate of drug-likeness (QED) is 0.799. The van der Waals surface area contributed by atoms with Crippen molar-refractivity contribution in [3.63, 3.8) is 0 Å². The van der Waals surface area contributed by atoms with Gasteiger partial charge in [0.25, 0.3) is 0 Å². The summed E-state index contributed by atoms with van der Waals surface area (Å²) in [5.41, 5.74) is 6.41. The van der Waals surface area contributed by atoms with E-state index in [1.165, 1.54) is 4.31 Å². The molecule has 1 atom stereocenters. The van der Waals surface area contributed by atoms with Gasteiger partial charge in [0.15, 0.2) is 0 Å². The van der Waals surface area contributed by atoms with Gasteiger partial charge in [-0.3, -0.25) is 0 Å². The van der Waals surface area contributed by atoms with E-state index in [-0.39, 0.29) is 17.5 Å². The minimum absolute atomic E-state index is 0.0344. The first-order chi connectivity index (χ1) is 9.92. The van der Waals surface area contributed by atoms with Crippen molar-refractivity contribution in [3.8, 4) is 5.75 Å². The Balaban J connectivity index is 3.25. The van der Waals surface area contributed by atoms with Crippen molar-refractivity contribution in [2.45, 2.75) is 51.6 Å². The summed E-state index contributed by atoms with van der Waals surface area (Å²) < 4.78 is 32.5. The molecule has 0 amide bonds. The smallest absolute Gasteiger partial charge is 0.243 e. The molecule has 0 aliphatic carbocycles. The van der Waals surface area contributed by atoms with E-state index in [9.17, 15) is 8.42 Å². The number of rotatable bonds is 8. The van der Waals surface area contributed by atoms with Gasteiger partial charge in [0.2, 0.25) is 10.0 Å². The number of hydrogen-bond acceptors (Lipinski definition) is 4. The normalized spacial score (nSPS) is 13.4. The van der Waals surface area contributed by atoms with E-state index in [1.54, 1.807) is 18.2 Å². The summed E-state index contributed by atoms with van der Waals surface area (Å²) in [6.07, 6.45) is 0.772. The predicted molar refractivity (Wildman–Crippen MR) is 84.8 cm³/mol. The number of hydrogen-bond donors (Lipinski definition) is 1. The zero-order valence-electron chi connectivity index (χ0n) is 13.3. The third kappa shape index (κ3) is 3.96. The molecule has 1 aromatic carbocycles. The van der Waals surface area contributed by atoms with Crippen LogP contribution in [0.5, 0.6) is 5.75 Å². The standard InChI is InChI=1S/C15H26N2O3S/c1-5-12(4)17(6-2)21(18,19)14-8-9-15(20-7-3)13(10-14)11-16/h8-10,12H,5-7,11,16H2,1-4H3. The Kier molecular flexibility index (Phi) is 6.64. The molecule has 0 saturated carbocycles.